The molecular formula is C34H29ClF2N6O5S. The predicted molar refractivity (Wildman–Crippen MR) is 177 cm³/mol. The van der Waals surface area contributed by atoms with Gasteiger partial charge in [-0.1, -0.05) is 29.8 Å². The van der Waals surface area contributed by atoms with Crippen LogP contribution in [0.15, 0.2) is 71.9 Å². The molecule has 1 atom stereocenters. The number of fused-ring (bicyclic) bond motifs is 2. The normalized spacial score (nSPS) is 16.3. The van der Waals surface area contributed by atoms with Gasteiger partial charge in [0.1, 0.15) is 0 Å². The fourth-order valence-corrected chi connectivity index (χ4v) is 6.87. The van der Waals surface area contributed by atoms with Crippen LogP contribution in [-0.4, -0.2) is 52.3 Å². The van der Waals surface area contributed by atoms with Crippen LogP contribution in [0.3, 0.4) is 0 Å². The Bertz CT molecular complexity index is 2280. The molecule has 5 aromatic rings. The first-order valence-corrected chi connectivity index (χ1v) is 17.6. The van der Waals surface area contributed by atoms with Gasteiger partial charge in [0, 0.05) is 23.4 Å². The van der Waals surface area contributed by atoms with Gasteiger partial charge in [-0.3, -0.25) is 19.5 Å². The van der Waals surface area contributed by atoms with Gasteiger partial charge in [-0.15, -0.1) is 0 Å². The number of nitrogens with zero attached hydrogens (tertiary/aromatic N) is 5. The molecule has 2 amide bonds. The first kappa shape index (κ1) is 32.6. The Morgan fingerprint density at radius 3 is 2.59 bits per heavy atom. The van der Waals surface area contributed by atoms with E-state index >= 15 is 8.78 Å². The zero-order chi connectivity index (χ0) is 34.8. The van der Waals surface area contributed by atoms with Crippen molar-refractivity contribution in [1.82, 2.24) is 19.7 Å². The molecule has 1 saturated carbocycles. The molecular weight excluding hydrogens is 678 g/mol. The zero-order valence-electron chi connectivity index (χ0n) is 26.2. The molecule has 2 N–H and O–H groups in total. The quantitative estimate of drug-likeness (QED) is 0.204. The Hall–Kier alpha value is -4.95. The van der Waals surface area contributed by atoms with Crippen LogP contribution in [0.5, 0.6) is 5.75 Å². The monoisotopic (exact) mass is 706 g/mol. The third-order valence-electron chi connectivity index (χ3n) is 8.76. The Labute approximate surface area is 284 Å². The highest BCUT2D eigenvalue weighted by atomic mass is 35.5. The molecule has 1 fully saturated rings. The summed E-state index contributed by atoms with van der Waals surface area (Å²) >= 11 is 5.93. The smallest absolute Gasteiger partial charge is 0.423 e. The molecule has 49 heavy (non-hydrogen) atoms. The molecule has 0 spiro atoms. The number of carbonyl (C=O) groups is 2. The third-order valence-corrected chi connectivity index (χ3v) is 10.1. The molecule has 15 heteroatoms. The van der Waals surface area contributed by atoms with Crippen LogP contribution >= 0.6 is 11.6 Å². The first-order chi connectivity index (χ1) is 23.2. The summed E-state index contributed by atoms with van der Waals surface area (Å²) in [6.45, 7) is 1.57. The van der Waals surface area contributed by atoms with Crippen LogP contribution < -0.4 is 15.4 Å². The summed E-state index contributed by atoms with van der Waals surface area (Å²) in [7, 11) is -3.48. The SMILES string of the molecule is C[C@@H](c1cccc(S(C)(=O)=O)c1)n1ncc2c(-c3ccc4c(c3)OC(F)(F)C(=O)N4Cc3ccc(Cl)cn3)c(C(N)=O)c(CC3CC3)nc21. The summed E-state index contributed by atoms with van der Waals surface area (Å²) in [6, 6.07) is 13.5. The number of pyridine rings is 2. The number of alkyl halides is 2. The lowest BCUT2D eigenvalue weighted by Crippen LogP contribution is -2.50. The van der Waals surface area contributed by atoms with E-state index < -0.39 is 33.8 Å². The number of aromatic nitrogens is 4. The Morgan fingerprint density at radius 2 is 1.92 bits per heavy atom. The van der Waals surface area contributed by atoms with Crippen molar-refractivity contribution in [2.24, 2.45) is 11.7 Å². The van der Waals surface area contributed by atoms with Gasteiger partial charge in [-0.2, -0.15) is 13.9 Å². The number of ether oxygens (including phenoxy) is 1. The number of nitrogens with two attached hydrogens (primary N) is 1. The summed E-state index contributed by atoms with van der Waals surface area (Å²) in [5.74, 6) is -2.31. The van der Waals surface area contributed by atoms with Crippen molar-refractivity contribution in [3.8, 4) is 16.9 Å². The van der Waals surface area contributed by atoms with E-state index in [0.29, 0.717) is 56.5 Å². The highest BCUT2D eigenvalue weighted by molar-refractivity contribution is 7.90. The summed E-state index contributed by atoms with van der Waals surface area (Å²) in [4.78, 5) is 36.1. The largest absolute Gasteiger partial charge is 0.482 e. The molecule has 2 aliphatic rings. The minimum atomic E-state index is -4.18. The van der Waals surface area contributed by atoms with E-state index in [1.165, 1.54) is 36.7 Å². The number of sulfone groups is 1. The molecule has 1 aliphatic carbocycles. The number of hydrogen-bond acceptors (Lipinski definition) is 8. The number of halogens is 3. The molecule has 7 rings (SSSR count). The average Bonchev–Trinajstić information content (AvgIpc) is 3.77. The molecule has 0 radical (unpaired) electrons. The fourth-order valence-electron chi connectivity index (χ4n) is 6.09. The standard InChI is InChI=1S/C34H29ClF2N6O5S/c1-18(20-4-3-5-24(13-20)49(2,46)47)43-32-25(16-40-43)29(30(31(38)44)26(41-32)12-19-6-7-19)21-8-11-27-28(14-21)48-34(36,37)33(45)42(27)17-23-10-9-22(35)15-39-23/h3-5,8-11,13-16,18-19H,6-7,12,17H2,1-2H3,(H2,38,44)/t18-/m0/s1. The number of anilines is 1. The minimum Gasteiger partial charge on any atom is -0.423 e. The fraction of sp³-hybridized carbons (Fsp3) is 0.265. The topological polar surface area (TPSA) is 150 Å². The molecule has 0 saturated heterocycles. The second-order valence-corrected chi connectivity index (χ2v) is 14.8. The van der Waals surface area contributed by atoms with Crippen molar-refractivity contribution in [3.05, 3.63) is 94.5 Å². The molecule has 1 aliphatic heterocycles. The molecule has 0 bridgehead atoms. The maximum absolute atomic E-state index is 15.1. The maximum Gasteiger partial charge on any atom is 0.482 e. The van der Waals surface area contributed by atoms with E-state index in [0.717, 1.165) is 24.0 Å². The highest BCUT2D eigenvalue weighted by Gasteiger charge is 2.50. The second-order valence-electron chi connectivity index (χ2n) is 12.3. The molecule has 11 nitrogen and oxygen atoms in total. The number of benzene rings is 2. The predicted octanol–water partition coefficient (Wildman–Crippen LogP) is 5.73. The van der Waals surface area contributed by atoms with Gasteiger partial charge >= 0.3 is 12.0 Å². The summed E-state index contributed by atoms with van der Waals surface area (Å²) in [5, 5.41) is 5.37. The van der Waals surface area contributed by atoms with E-state index in [9.17, 15) is 18.0 Å². The van der Waals surface area contributed by atoms with Gasteiger partial charge in [0.25, 0.3) is 5.91 Å². The van der Waals surface area contributed by atoms with Gasteiger partial charge in [0.2, 0.25) is 0 Å². The van der Waals surface area contributed by atoms with Crippen LogP contribution in [0.4, 0.5) is 14.5 Å². The Morgan fingerprint density at radius 1 is 1.14 bits per heavy atom. The number of rotatable bonds is 9. The first-order valence-electron chi connectivity index (χ1n) is 15.3. The minimum absolute atomic E-state index is 0.0793. The van der Waals surface area contributed by atoms with Crippen LogP contribution in [0.2, 0.25) is 5.02 Å². The molecule has 2 aromatic carbocycles. The van der Waals surface area contributed by atoms with E-state index in [4.69, 9.17) is 27.1 Å². The van der Waals surface area contributed by atoms with E-state index in [1.54, 1.807) is 35.0 Å². The van der Waals surface area contributed by atoms with Gasteiger partial charge in [-0.25, -0.2) is 18.1 Å². The number of primary amides is 1. The van der Waals surface area contributed by atoms with Crippen molar-refractivity contribution in [3.63, 3.8) is 0 Å². The Kier molecular flexibility index (Phi) is 7.90. The third kappa shape index (κ3) is 6.10. The summed E-state index contributed by atoms with van der Waals surface area (Å²) in [6.07, 6.45) is 2.18. The van der Waals surface area contributed by atoms with Gasteiger partial charge in [0.05, 0.1) is 51.3 Å². The second kappa shape index (κ2) is 11.9. The van der Waals surface area contributed by atoms with Crippen molar-refractivity contribution >= 4 is 50.0 Å². The zero-order valence-corrected chi connectivity index (χ0v) is 27.8. The number of hydrogen-bond donors (Lipinski definition) is 1. The Balaban J connectivity index is 1.39. The molecule has 0 unspecified atom stereocenters. The van der Waals surface area contributed by atoms with Crippen molar-refractivity contribution < 1.29 is 31.5 Å². The van der Waals surface area contributed by atoms with Crippen molar-refractivity contribution in [2.45, 2.75) is 49.8 Å². The van der Waals surface area contributed by atoms with Crippen LogP contribution in [-0.2, 0) is 27.6 Å². The lowest BCUT2D eigenvalue weighted by atomic mass is 9.93. The van der Waals surface area contributed by atoms with Gasteiger partial charge in [-0.05, 0) is 79.6 Å². The lowest BCUT2D eigenvalue weighted by Gasteiger charge is -2.33. The highest BCUT2D eigenvalue weighted by Crippen LogP contribution is 2.45. The van der Waals surface area contributed by atoms with Gasteiger partial charge < -0.3 is 10.5 Å². The average molecular weight is 707 g/mol. The van der Waals surface area contributed by atoms with Gasteiger partial charge in [0.15, 0.2) is 21.2 Å². The van der Waals surface area contributed by atoms with Crippen LogP contribution in [0, 0.1) is 5.92 Å². The van der Waals surface area contributed by atoms with E-state index in [-0.39, 0.29) is 28.4 Å². The summed E-state index contributed by atoms with van der Waals surface area (Å²) < 4.78 is 61.3. The van der Waals surface area contributed by atoms with Crippen molar-refractivity contribution in [1.29, 1.82) is 0 Å². The maximum atomic E-state index is 15.1. The number of amides is 2. The van der Waals surface area contributed by atoms with E-state index in [2.05, 4.69) is 10.1 Å². The van der Waals surface area contributed by atoms with E-state index in [1.807, 2.05) is 6.92 Å². The summed E-state index contributed by atoms with van der Waals surface area (Å²) in [5.41, 5.74) is 8.65. The van der Waals surface area contributed by atoms with Crippen molar-refractivity contribution in [2.75, 3.05) is 11.2 Å². The lowest BCUT2D eigenvalue weighted by molar-refractivity contribution is -0.193. The van der Waals surface area contributed by atoms with Crippen LogP contribution in [0.25, 0.3) is 22.2 Å². The molecule has 3 aromatic heterocycles. The molecule has 4 heterocycles. The molecule has 252 valence electrons. The van der Waals surface area contributed by atoms with Crippen LogP contribution in [0.1, 0.15) is 53.1 Å². The number of carbonyl (C=O) groups excluding carboxylic acids is 2.